The predicted molar refractivity (Wildman–Crippen MR) is 46.8 cm³/mol. The average molecular weight is 279 g/mol. The predicted octanol–water partition coefficient (Wildman–Crippen LogP) is 2.11. The van der Waals surface area contributed by atoms with Crippen LogP contribution in [0, 0.1) is 0 Å². The summed E-state index contributed by atoms with van der Waals surface area (Å²) in [5.41, 5.74) is 0. The van der Waals surface area contributed by atoms with E-state index in [-0.39, 0.29) is 0 Å². The Balaban J connectivity index is 0.000000354. The van der Waals surface area contributed by atoms with Crippen molar-refractivity contribution in [1.82, 2.24) is 4.98 Å². The molecule has 0 radical (unpaired) electrons. The third kappa shape index (κ3) is 4.61. The molecule has 0 saturated heterocycles. The lowest BCUT2D eigenvalue weighted by atomic mass is 10.5. The van der Waals surface area contributed by atoms with Gasteiger partial charge in [-0.25, -0.2) is 0 Å². The van der Waals surface area contributed by atoms with Gasteiger partial charge in [0.05, 0.1) is 0 Å². The minimum Gasteiger partial charge on any atom is -0.281 e. The third-order valence-electron chi connectivity index (χ3n) is 1.22. The third-order valence-corrected chi connectivity index (χ3v) is 2.10. The summed E-state index contributed by atoms with van der Waals surface area (Å²) < 4.78 is 82.2. The van der Waals surface area contributed by atoms with E-state index in [1.807, 2.05) is 18.2 Å². The summed E-state index contributed by atoms with van der Waals surface area (Å²) in [5, 5.41) is -6.10. The van der Waals surface area contributed by atoms with Crippen molar-refractivity contribution in [3.05, 3.63) is 30.6 Å². The Labute approximate surface area is 92.8 Å². The quantitative estimate of drug-likeness (QED) is 0.631. The Hall–Kier alpha value is -1.29. The van der Waals surface area contributed by atoms with Gasteiger partial charge < -0.3 is 0 Å². The standard InChI is InChI=1S/C5H5N.C2HF5O3S/c1-2-4-6-5-3-1;3-1(4,5)2(6,7)11(8,9)10/h1-5H;(H,8,9,10). The summed E-state index contributed by atoms with van der Waals surface area (Å²) >= 11 is 0. The molecule has 0 saturated carbocycles. The smallest absolute Gasteiger partial charge is 0.281 e. The van der Waals surface area contributed by atoms with Gasteiger partial charge in [-0.2, -0.15) is 30.4 Å². The van der Waals surface area contributed by atoms with Crippen LogP contribution >= 0.6 is 0 Å². The van der Waals surface area contributed by atoms with E-state index in [4.69, 9.17) is 4.55 Å². The minimum atomic E-state index is -6.42. The van der Waals surface area contributed by atoms with Gasteiger partial charge >= 0.3 is 21.5 Å². The molecule has 0 fully saturated rings. The van der Waals surface area contributed by atoms with Crippen molar-refractivity contribution in [3.63, 3.8) is 0 Å². The van der Waals surface area contributed by atoms with E-state index in [9.17, 15) is 30.4 Å². The molecular weight excluding hydrogens is 273 g/mol. The average Bonchev–Trinajstić information content (AvgIpc) is 2.18. The zero-order chi connectivity index (χ0) is 13.7. The molecule has 1 N–H and O–H groups in total. The molecule has 0 unspecified atom stereocenters. The summed E-state index contributed by atoms with van der Waals surface area (Å²) in [7, 11) is -6.42. The number of aromatic nitrogens is 1. The molecule has 0 bridgehead atoms. The molecule has 0 atom stereocenters. The second kappa shape index (κ2) is 5.36. The van der Waals surface area contributed by atoms with E-state index in [0.717, 1.165) is 0 Å². The van der Waals surface area contributed by atoms with Crippen molar-refractivity contribution in [2.45, 2.75) is 11.4 Å². The number of halogens is 5. The van der Waals surface area contributed by atoms with E-state index < -0.39 is 21.5 Å². The highest BCUT2D eigenvalue weighted by Gasteiger charge is 2.67. The van der Waals surface area contributed by atoms with Crippen molar-refractivity contribution < 1.29 is 34.9 Å². The van der Waals surface area contributed by atoms with Gasteiger partial charge in [0.15, 0.2) is 0 Å². The molecule has 0 aliphatic carbocycles. The van der Waals surface area contributed by atoms with Gasteiger partial charge in [0.2, 0.25) is 0 Å². The molecule has 0 aliphatic rings. The molecule has 0 aliphatic heterocycles. The molecule has 0 amide bonds. The highest BCUT2D eigenvalue weighted by atomic mass is 32.2. The van der Waals surface area contributed by atoms with Crippen LogP contribution in [0.25, 0.3) is 0 Å². The van der Waals surface area contributed by atoms with Gasteiger partial charge in [-0.15, -0.1) is 0 Å². The topological polar surface area (TPSA) is 67.3 Å². The van der Waals surface area contributed by atoms with Crippen molar-refractivity contribution in [3.8, 4) is 0 Å². The van der Waals surface area contributed by atoms with Crippen molar-refractivity contribution in [2.24, 2.45) is 0 Å². The van der Waals surface area contributed by atoms with Crippen molar-refractivity contribution in [2.75, 3.05) is 0 Å². The second-order valence-corrected chi connectivity index (χ2v) is 3.98. The summed E-state index contributed by atoms with van der Waals surface area (Å²) in [6.45, 7) is 0. The first kappa shape index (κ1) is 15.7. The Bertz CT molecular complexity index is 404. The zero-order valence-electron chi connectivity index (χ0n) is 7.90. The number of nitrogens with zero attached hydrogens (tertiary/aromatic N) is 1. The van der Waals surface area contributed by atoms with Gasteiger partial charge in [-0.1, -0.05) is 6.07 Å². The van der Waals surface area contributed by atoms with E-state index in [0.29, 0.717) is 0 Å². The first-order chi connectivity index (χ1) is 7.50. The van der Waals surface area contributed by atoms with Crippen LogP contribution in [0.3, 0.4) is 0 Å². The Morgan fingerprint density at radius 3 is 1.41 bits per heavy atom. The second-order valence-electron chi connectivity index (χ2n) is 2.51. The van der Waals surface area contributed by atoms with Crippen LogP contribution in [-0.4, -0.2) is 29.4 Å². The van der Waals surface area contributed by atoms with Crippen LogP contribution in [0.15, 0.2) is 30.6 Å². The Kier molecular flexibility index (Phi) is 4.95. The number of rotatable bonds is 1. The monoisotopic (exact) mass is 279 g/mol. The lowest BCUT2D eigenvalue weighted by molar-refractivity contribution is -0.243. The fourth-order valence-electron chi connectivity index (χ4n) is 0.459. The molecule has 0 aromatic carbocycles. The molecule has 98 valence electrons. The van der Waals surface area contributed by atoms with Gasteiger partial charge in [-0.05, 0) is 12.1 Å². The maximum atomic E-state index is 11.5. The number of hydrogen-bond acceptors (Lipinski definition) is 3. The maximum absolute atomic E-state index is 11.5. The van der Waals surface area contributed by atoms with Crippen LogP contribution in [0.5, 0.6) is 0 Å². The number of pyridine rings is 1. The molecule has 1 heterocycles. The number of alkyl halides is 5. The van der Waals surface area contributed by atoms with E-state index >= 15 is 0 Å². The summed E-state index contributed by atoms with van der Waals surface area (Å²) in [5.74, 6) is 0. The van der Waals surface area contributed by atoms with Crippen LogP contribution < -0.4 is 0 Å². The van der Waals surface area contributed by atoms with E-state index in [2.05, 4.69) is 4.98 Å². The summed E-state index contributed by atoms with van der Waals surface area (Å²) in [6.07, 6.45) is -2.79. The molecular formula is C7H6F5NO3S. The highest BCUT2D eigenvalue weighted by Crippen LogP contribution is 2.38. The zero-order valence-corrected chi connectivity index (χ0v) is 8.71. The molecule has 17 heavy (non-hydrogen) atoms. The van der Waals surface area contributed by atoms with Crippen LogP contribution in [0.1, 0.15) is 0 Å². The fourth-order valence-corrected chi connectivity index (χ4v) is 0.751. The van der Waals surface area contributed by atoms with E-state index in [1.165, 1.54) is 0 Å². The normalized spacial score (nSPS) is 12.6. The summed E-state index contributed by atoms with van der Waals surface area (Å²) in [4.78, 5) is 3.78. The lowest BCUT2D eigenvalue weighted by Crippen LogP contribution is -2.43. The SMILES string of the molecule is O=S(=O)(O)C(F)(F)C(F)(F)F.c1ccncc1. The maximum Gasteiger partial charge on any atom is 0.472 e. The fraction of sp³-hybridized carbons (Fsp3) is 0.286. The number of hydrogen-bond donors (Lipinski definition) is 1. The van der Waals surface area contributed by atoms with Gasteiger partial charge in [-0.3, -0.25) is 9.54 Å². The van der Waals surface area contributed by atoms with Gasteiger partial charge in [0.1, 0.15) is 0 Å². The van der Waals surface area contributed by atoms with Crippen molar-refractivity contribution >= 4 is 10.1 Å². The van der Waals surface area contributed by atoms with Gasteiger partial charge in [0.25, 0.3) is 0 Å². The van der Waals surface area contributed by atoms with Gasteiger partial charge in [0, 0.05) is 12.4 Å². The Morgan fingerprint density at radius 2 is 1.35 bits per heavy atom. The molecule has 1 aromatic heterocycles. The minimum absolute atomic E-state index is 1.75. The van der Waals surface area contributed by atoms with Crippen LogP contribution in [0.2, 0.25) is 0 Å². The first-order valence-electron chi connectivity index (χ1n) is 3.76. The molecule has 4 nitrogen and oxygen atoms in total. The van der Waals surface area contributed by atoms with Crippen LogP contribution in [-0.2, 0) is 10.1 Å². The highest BCUT2D eigenvalue weighted by molar-refractivity contribution is 7.86. The molecule has 0 spiro atoms. The van der Waals surface area contributed by atoms with Crippen LogP contribution in [0.4, 0.5) is 22.0 Å². The lowest BCUT2D eigenvalue weighted by Gasteiger charge is -2.15. The summed E-state index contributed by atoms with van der Waals surface area (Å²) in [6, 6.07) is 5.72. The largest absolute Gasteiger partial charge is 0.472 e. The first-order valence-corrected chi connectivity index (χ1v) is 5.20. The molecule has 1 aromatic rings. The molecule has 1 rings (SSSR count). The van der Waals surface area contributed by atoms with E-state index in [1.54, 1.807) is 12.4 Å². The van der Waals surface area contributed by atoms with Crippen molar-refractivity contribution in [1.29, 1.82) is 0 Å². The molecule has 10 heteroatoms. The Morgan fingerprint density at radius 1 is 0.941 bits per heavy atom.